The van der Waals surface area contributed by atoms with Gasteiger partial charge in [-0.1, -0.05) is 60.7 Å². The first-order valence-electron chi connectivity index (χ1n) is 9.23. The monoisotopic (exact) mass is 385 g/mol. The Labute approximate surface area is 167 Å². The third-order valence-corrected chi connectivity index (χ3v) is 4.61. The fourth-order valence-corrected chi connectivity index (χ4v) is 3.18. The predicted molar refractivity (Wildman–Crippen MR) is 109 cm³/mol. The van der Waals surface area contributed by atoms with Crippen LogP contribution in [0.5, 0.6) is 0 Å². The molecule has 0 aliphatic carbocycles. The highest BCUT2D eigenvalue weighted by Crippen LogP contribution is 2.30. The Kier molecular flexibility index (Phi) is 5.33. The van der Waals surface area contributed by atoms with Crippen LogP contribution in [0, 0.1) is 0 Å². The van der Waals surface area contributed by atoms with Gasteiger partial charge in [-0.25, -0.2) is 4.98 Å². The molecule has 2 N–H and O–H groups in total. The van der Waals surface area contributed by atoms with Crippen LogP contribution in [0.2, 0.25) is 0 Å². The van der Waals surface area contributed by atoms with Crippen LogP contribution in [0.15, 0.2) is 83.7 Å². The molecule has 0 aliphatic rings. The molecule has 144 valence electrons. The minimum Gasteiger partial charge on any atom is -0.504 e. The molecule has 29 heavy (non-hydrogen) atoms. The lowest BCUT2D eigenvalue weighted by atomic mass is 9.96. The number of aliphatic hydroxyl groups excluding tert-OH is 1. The topological polar surface area (TPSA) is 92.0 Å². The minimum absolute atomic E-state index is 0.0657. The SMILES string of the molecule is O=C(C=C(O)c1nc[nH]n1)c1coc(-c2ccccc2)c1CCc1ccccc1. The van der Waals surface area contributed by atoms with Crippen LogP contribution in [0.25, 0.3) is 17.1 Å². The van der Waals surface area contributed by atoms with E-state index in [2.05, 4.69) is 27.3 Å². The van der Waals surface area contributed by atoms with E-state index >= 15 is 0 Å². The highest BCUT2D eigenvalue weighted by atomic mass is 16.3. The number of carbonyl (C=O) groups excluding carboxylic acids is 1. The van der Waals surface area contributed by atoms with Crippen molar-refractivity contribution in [2.75, 3.05) is 0 Å². The number of aromatic nitrogens is 3. The van der Waals surface area contributed by atoms with Gasteiger partial charge in [-0.05, 0) is 18.4 Å². The van der Waals surface area contributed by atoms with Crippen molar-refractivity contribution in [3.63, 3.8) is 0 Å². The molecule has 0 atom stereocenters. The minimum atomic E-state index is -0.360. The van der Waals surface area contributed by atoms with Gasteiger partial charge < -0.3 is 9.52 Å². The molecule has 6 heteroatoms. The van der Waals surface area contributed by atoms with Gasteiger partial charge in [0.05, 0.1) is 5.56 Å². The molecule has 2 aromatic heterocycles. The van der Waals surface area contributed by atoms with Gasteiger partial charge in [0.25, 0.3) is 0 Å². The normalized spacial score (nSPS) is 11.5. The molecule has 0 saturated heterocycles. The smallest absolute Gasteiger partial charge is 0.215 e. The molecule has 0 spiro atoms. The number of ketones is 1. The lowest BCUT2D eigenvalue weighted by Crippen LogP contribution is -2.02. The summed E-state index contributed by atoms with van der Waals surface area (Å²) in [4.78, 5) is 16.7. The largest absolute Gasteiger partial charge is 0.504 e. The number of furan rings is 1. The highest BCUT2D eigenvalue weighted by molar-refractivity contribution is 6.09. The molecular weight excluding hydrogens is 366 g/mol. The maximum absolute atomic E-state index is 12.9. The summed E-state index contributed by atoms with van der Waals surface area (Å²) >= 11 is 0. The van der Waals surface area contributed by atoms with E-state index in [9.17, 15) is 9.90 Å². The number of aryl methyl sites for hydroxylation is 1. The Morgan fingerprint density at radius 3 is 2.45 bits per heavy atom. The van der Waals surface area contributed by atoms with E-state index in [1.54, 1.807) is 0 Å². The highest BCUT2D eigenvalue weighted by Gasteiger charge is 2.20. The average Bonchev–Trinajstić information content (AvgIpc) is 3.44. The second kappa shape index (κ2) is 8.39. The summed E-state index contributed by atoms with van der Waals surface area (Å²) in [7, 11) is 0. The number of nitrogens with zero attached hydrogens (tertiary/aromatic N) is 2. The van der Waals surface area contributed by atoms with E-state index in [4.69, 9.17) is 4.42 Å². The second-order valence-corrected chi connectivity index (χ2v) is 6.53. The summed E-state index contributed by atoms with van der Waals surface area (Å²) in [5, 5.41) is 16.4. The van der Waals surface area contributed by atoms with E-state index in [1.807, 2.05) is 48.5 Å². The van der Waals surface area contributed by atoms with Crippen molar-refractivity contribution < 1.29 is 14.3 Å². The van der Waals surface area contributed by atoms with E-state index in [1.165, 1.54) is 18.2 Å². The molecule has 4 rings (SSSR count). The number of nitrogens with one attached hydrogen (secondary N) is 1. The number of carbonyl (C=O) groups is 1. The predicted octanol–water partition coefficient (Wildman–Crippen LogP) is 4.63. The number of allylic oxidation sites excluding steroid dienone is 1. The molecule has 2 aromatic carbocycles. The maximum Gasteiger partial charge on any atom is 0.215 e. The Bertz CT molecular complexity index is 1110. The Hall–Kier alpha value is -3.93. The summed E-state index contributed by atoms with van der Waals surface area (Å²) in [5.41, 5.74) is 3.30. The van der Waals surface area contributed by atoms with Gasteiger partial charge in [0.15, 0.2) is 11.5 Å². The van der Waals surface area contributed by atoms with Crippen LogP contribution in [-0.2, 0) is 12.8 Å². The molecule has 0 radical (unpaired) electrons. The molecule has 0 bridgehead atoms. The first-order valence-corrected chi connectivity index (χ1v) is 9.23. The summed E-state index contributed by atoms with van der Waals surface area (Å²) in [6.07, 6.45) is 5.29. The summed E-state index contributed by atoms with van der Waals surface area (Å²) in [6, 6.07) is 19.7. The van der Waals surface area contributed by atoms with Gasteiger partial charge in [-0.2, -0.15) is 5.10 Å². The first kappa shape index (κ1) is 18.4. The van der Waals surface area contributed by atoms with Gasteiger partial charge in [0.1, 0.15) is 18.4 Å². The number of aromatic amines is 1. The molecule has 2 heterocycles. The summed E-state index contributed by atoms with van der Waals surface area (Å²) in [5.74, 6) is 0.0700. The number of hydrogen-bond donors (Lipinski definition) is 2. The number of rotatable bonds is 7. The van der Waals surface area contributed by atoms with Crippen molar-refractivity contribution in [3.05, 3.63) is 102 Å². The van der Waals surface area contributed by atoms with Crippen LogP contribution in [0.1, 0.15) is 27.3 Å². The average molecular weight is 385 g/mol. The lowest BCUT2D eigenvalue weighted by molar-refractivity contribution is 0.104. The fourth-order valence-electron chi connectivity index (χ4n) is 3.18. The van der Waals surface area contributed by atoms with Crippen molar-refractivity contribution in [1.82, 2.24) is 15.2 Å². The lowest BCUT2D eigenvalue weighted by Gasteiger charge is -2.06. The van der Waals surface area contributed by atoms with E-state index < -0.39 is 0 Å². The van der Waals surface area contributed by atoms with E-state index in [0.29, 0.717) is 17.7 Å². The first-order chi connectivity index (χ1) is 14.2. The second-order valence-electron chi connectivity index (χ2n) is 6.53. The van der Waals surface area contributed by atoms with Crippen molar-refractivity contribution in [3.8, 4) is 11.3 Å². The molecule has 0 unspecified atom stereocenters. The Balaban J connectivity index is 1.68. The van der Waals surface area contributed by atoms with Gasteiger partial charge in [-0.15, -0.1) is 0 Å². The number of hydrogen-bond acceptors (Lipinski definition) is 5. The number of benzene rings is 2. The van der Waals surface area contributed by atoms with Crippen molar-refractivity contribution in [2.24, 2.45) is 0 Å². The maximum atomic E-state index is 12.9. The molecular formula is C23H19N3O3. The van der Waals surface area contributed by atoms with Crippen LogP contribution in [0.3, 0.4) is 0 Å². The quantitative estimate of drug-likeness (QED) is 0.275. The van der Waals surface area contributed by atoms with Crippen molar-refractivity contribution in [1.29, 1.82) is 0 Å². The zero-order valence-corrected chi connectivity index (χ0v) is 15.6. The Morgan fingerprint density at radius 2 is 1.76 bits per heavy atom. The molecule has 0 amide bonds. The van der Waals surface area contributed by atoms with Gasteiger partial charge in [0.2, 0.25) is 5.82 Å². The summed E-state index contributed by atoms with van der Waals surface area (Å²) in [6.45, 7) is 0. The van der Waals surface area contributed by atoms with E-state index in [-0.39, 0.29) is 17.4 Å². The fraction of sp³-hybridized carbons (Fsp3) is 0.0870. The molecule has 0 saturated carbocycles. The third-order valence-electron chi connectivity index (χ3n) is 4.61. The number of H-pyrrole nitrogens is 1. The number of aliphatic hydroxyl groups is 1. The molecule has 4 aromatic rings. The molecule has 0 fully saturated rings. The van der Waals surface area contributed by atoms with Crippen molar-refractivity contribution >= 4 is 11.5 Å². The standard InChI is InChI=1S/C23H19N3O3/c27-20(13-21(28)23-24-15-25-26-23)19-14-29-22(17-9-5-2-6-10-17)18(19)12-11-16-7-3-1-4-8-16/h1-10,13-15,28H,11-12H2,(H,24,25,26). The van der Waals surface area contributed by atoms with Crippen LogP contribution in [-0.4, -0.2) is 26.1 Å². The van der Waals surface area contributed by atoms with Gasteiger partial charge >= 0.3 is 0 Å². The van der Waals surface area contributed by atoms with Crippen LogP contribution >= 0.6 is 0 Å². The van der Waals surface area contributed by atoms with Gasteiger partial charge in [0, 0.05) is 17.2 Å². The zero-order valence-electron chi connectivity index (χ0n) is 15.6. The molecule has 6 nitrogen and oxygen atoms in total. The third kappa shape index (κ3) is 4.16. The van der Waals surface area contributed by atoms with E-state index in [0.717, 1.165) is 23.6 Å². The molecule has 0 aliphatic heterocycles. The van der Waals surface area contributed by atoms with Gasteiger partial charge in [-0.3, -0.25) is 9.89 Å². The Morgan fingerprint density at radius 1 is 1.03 bits per heavy atom. The zero-order chi connectivity index (χ0) is 20.1. The van der Waals surface area contributed by atoms with Crippen LogP contribution in [0.4, 0.5) is 0 Å². The van der Waals surface area contributed by atoms with Crippen molar-refractivity contribution in [2.45, 2.75) is 12.8 Å². The summed E-state index contributed by atoms with van der Waals surface area (Å²) < 4.78 is 5.79. The van der Waals surface area contributed by atoms with Crippen LogP contribution < -0.4 is 0 Å².